The van der Waals surface area contributed by atoms with Gasteiger partial charge < -0.3 is 5.32 Å². The van der Waals surface area contributed by atoms with Gasteiger partial charge >= 0.3 is 0 Å². The molecule has 2 atom stereocenters. The van der Waals surface area contributed by atoms with Crippen molar-refractivity contribution in [2.24, 2.45) is 0 Å². The highest BCUT2D eigenvalue weighted by Gasteiger charge is 2.07. The molecule has 1 N–H and O–H groups in total. The van der Waals surface area contributed by atoms with E-state index in [0.29, 0.717) is 0 Å². The van der Waals surface area contributed by atoms with Crippen molar-refractivity contribution >= 4 is 21.7 Å². The van der Waals surface area contributed by atoms with Gasteiger partial charge in [-0.1, -0.05) is 36.4 Å². The summed E-state index contributed by atoms with van der Waals surface area (Å²) in [5.74, 6) is 0. The maximum atomic E-state index is 11.5. The van der Waals surface area contributed by atoms with E-state index in [9.17, 15) is 4.21 Å². The predicted octanol–water partition coefficient (Wildman–Crippen LogP) is 3.87. The van der Waals surface area contributed by atoms with Crippen molar-refractivity contribution in [2.45, 2.75) is 24.3 Å². The molecule has 3 rings (SSSR count). The number of hydrogen-bond acceptors (Lipinski definition) is 3. The number of aromatic nitrogens is 1. The lowest BCUT2D eigenvalue weighted by atomic mass is 10.1. The number of benzene rings is 2. The molecular formula is C20H22N2OS. The summed E-state index contributed by atoms with van der Waals surface area (Å²) in [5, 5.41) is 4.74. The van der Waals surface area contributed by atoms with Crippen LogP contribution in [0.15, 0.2) is 65.7 Å². The molecule has 1 heterocycles. The summed E-state index contributed by atoms with van der Waals surface area (Å²) in [6.45, 7) is 3.04. The van der Waals surface area contributed by atoms with E-state index in [1.165, 1.54) is 16.5 Å². The molecular weight excluding hydrogens is 316 g/mol. The van der Waals surface area contributed by atoms with Crippen LogP contribution in [0.5, 0.6) is 0 Å². The molecule has 3 aromatic rings. The smallest absolute Gasteiger partial charge is 0.0734 e. The van der Waals surface area contributed by atoms with Crippen LogP contribution < -0.4 is 5.32 Å². The maximum absolute atomic E-state index is 11.5. The van der Waals surface area contributed by atoms with Crippen molar-refractivity contribution in [1.82, 2.24) is 10.3 Å². The third-order valence-electron chi connectivity index (χ3n) is 4.27. The molecule has 4 heteroatoms. The molecule has 0 fully saturated rings. The Bertz CT molecular complexity index is 840. The van der Waals surface area contributed by atoms with E-state index in [4.69, 9.17) is 0 Å². The minimum atomic E-state index is -0.922. The third-order valence-corrected chi connectivity index (χ3v) is 5.21. The van der Waals surface area contributed by atoms with E-state index >= 15 is 0 Å². The van der Waals surface area contributed by atoms with Crippen LogP contribution in [0.3, 0.4) is 0 Å². The topological polar surface area (TPSA) is 42.0 Å². The van der Waals surface area contributed by atoms with Crippen LogP contribution in [-0.4, -0.2) is 22.0 Å². The molecule has 0 spiro atoms. The number of nitrogens with zero attached hydrogens (tertiary/aromatic N) is 1. The molecule has 1 aromatic heterocycles. The highest BCUT2D eigenvalue weighted by atomic mass is 32.2. The molecule has 0 saturated heterocycles. The van der Waals surface area contributed by atoms with Gasteiger partial charge in [-0.15, -0.1) is 0 Å². The van der Waals surface area contributed by atoms with Crippen LogP contribution in [-0.2, 0) is 17.2 Å². The Labute approximate surface area is 145 Å². The van der Waals surface area contributed by atoms with Crippen molar-refractivity contribution in [1.29, 1.82) is 0 Å². The van der Waals surface area contributed by atoms with Crippen molar-refractivity contribution in [3.8, 4) is 0 Å². The van der Waals surface area contributed by atoms with Crippen molar-refractivity contribution < 1.29 is 4.21 Å². The SMILES string of the molecule is CC(NCCc1cccc2cccnc12)c1ccc(S(C)=O)cc1. The first-order valence-electron chi connectivity index (χ1n) is 8.14. The lowest BCUT2D eigenvalue weighted by Crippen LogP contribution is -2.21. The zero-order valence-electron chi connectivity index (χ0n) is 14.0. The fourth-order valence-electron chi connectivity index (χ4n) is 2.86. The van der Waals surface area contributed by atoms with Crippen LogP contribution in [0.4, 0.5) is 0 Å². The molecule has 0 amide bonds. The zero-order valence-corrected chi connectivity index (χ0v) is 14.8. The minimum absolute atomic E-state index is 0.257. The van der Waals surface area contributed by atoms with Gasteiger partial charge in [0.25, 0.3) is 0 Å². The number of rotatable bonds is 6. The molecule has 0 aliphatic carbocycles. The molecule has 2 aromatic carbocycles. The first-order chi connectivity index (χ1) is 11.6. The minimum Gasteiger partial charge on any atom is -0.310 e. The molecule has 0 saturated carbocycles. The third kappa shape index (κ3) is 3.89. The predicted molar refractivity (Wildman–Crippen MR) is 101 cm³/mol. The summed E-state index contributed by atoms with van der Waals surface area (Å²) in [5.41, 5.74) is 3.56. The molecule has 0 bridgehead atoms. The van der Waals surface area contributed by atoms with Crippen LogP contribution in [0.25, 0.3) is 10.9 Å². The van der Waals surface area contributed by atoms with E-state index < -0.39 is 10.8 Å². The average Bonchev–Trinajstić information content (AvgIpc) is 2.62. The molecule has 24 heavy (non-hydrogen) atoms. The fourth-order valence-corrected chi connectivity index (χ4v) is 3.38. The summed E-state index contributed by atoms with van der Waals surface area (Å²) in [4.78, 5) is 5.37. The molecule has 124 valence electrons. The molecule has 2 unspecified atom stereocenters. The summed E-state index contributed by atoms with van der Waals surface area (Å²) in [6, 6.07) is 18.6. The van der Waals surface area contributed by atoms with Gasteiger partial charge in [-0.25, -0.2) is 0 Å². The normalized spacial score (nSPS) is 13.8. The fraction of sp³-hybridized carbons (Fsp3) is 0.250. The maximum Gasteiger partial charge on any atom is 0.0734 e. The van der Waals surface area contributed by atoms with Crippen molar-refractivity contribution in [3.63, 3.8) is 0 Å². The Morgan fingerprint density at radius 2 is 1.83 bits per heavy atom. The van der Waals surface area contributed by atoms with Gasteiger partial charge in [0.2, 0.25) is 0 Å². The monoisotopic (exact) mass is 338 g/mol. The second kappa shape index (κ2) is 7.69. The standard InChI is InChI=1S/C20H22N2OS/c1-15(16-8-10-19(11-9-16)24(2)23)21-14-12-18-6-3-5-17-7-4-13-22-20(17)18/h3-11,13,15,21H,12,14H2,1-2H3. The van der Waals surface area contributed by atoms with Gasteiger partial charge in [-0.2, -0.15) is 0 Å². The van der Waals surface area contributed by atoms with E-state index in [1.807, 2.05) is 36.5 Å². The largest absolute Gasteiger partial charge is 0.310 e. The second-order valence-corrected chi connectivity index (χ2v) is 7.32. The zero-order chi connectivity index (χ0) is 16.9. The summed E-state index contributed by atoms with van der Waals surface area (Å²) in [7, 11) is -0.922. The number of pyridine rings is 1. The molecule has 3 nitrogen and oxygen atoms in total. The van der Waals surface area contributed by atoms with Crippen LogP contribution in [0.1, 0.15) is 24.1 Å². The van der Waals surface area contributed by atoms with E-state index in [1.54, 1.807) is 6.26 Å². The average molecular weight is 338 g/mol. The van der Waals surface area contributed by atoms with Crippen LogP contribution in [0, 0.1) is 0 Å². The second-order valence-electron chi connectivity index (χ2n) is 5.94. The number of fused-ring (bicyclic) bond motifs is 1. The number of hydrogen-bond donors (Lipinski definition) is 1. The van der Waals surface area contributed by atoms with Crippen LogP contribution >= 0.6 is 0 Å². The molecule has 0 aliphatic heterocycles. The summed E-state index contributed by atoms with van der Waals surface area (Å²) in [6.07, 6.45) is 4.49. The Kier molecular flexibility index (Phi) is 5.38. The summed E-state index contributed by atoms with van der Waals surface area (Å²) >= 11 is 0. The molecule has 0 radical (unpaired) electrons. The highest BCUT2D eigenvalue weighted by Crippen LogP contribution is 2.17. The first-order valence-corrected chi connectivity index (χ1v) is 9.70. The Morgan fingerprint density at radius 3 is 2.58 bits per heavy atom. The van der Waals surface area contributed by atoms with E-state index in [0.717, 1.165) is 23.4 Å². The highest BCUT2D eigenvalue weighted by molar-refractivity contribution is 7.84. The lowest BCUT2D eigenvalue weighted by molar-refractivity contribution is 0.577. The van der Waals surface area contributed by atoms with Gasteiger partial charge in [0.1, 0.15) is 0 Å². The lowest BCUT2D eigenvalue weighted by Gasteiger charge is -2.15. The van der Waals surface area contributed by atoms with E-state index in [-0.39, 0.29) is 6.04 Å². The van der Waals surface area contributed by atoms with Gasteiger partial charge in [0.15, 0.2) is 0 Å². The molecule has 0 aliphatic rings. The van der Waals surface area contributed by atoms with Gasteiger partial charge in [0, 0.05) is 39.6 Å². The van der Waals surface area contributed by atoms with E-state index in [2.05, 4.69) is 41.5 Å². The van der Waals surface area contributed by atoms with Crippen molar-refractivity contribution in [2.75, 3.05) is 12.8 Å². The Balaban J connectivity index is 1.62. The Morgan fingerprint density at radius 1 is 1.08 bits per heavy atom. The van der Waals surface area contributed by atoms with Gasteiger partial charge in [0.05, 0.1) is 5.52 Å². The van der Waals surface area contributed by atoms with Crippen molar-refractivity contribution in [3.05, 3.63) is 71.9 Å². The van der Waals surface area contributed by atoms with Gasteiger partial charge in [-0.3, -0.25) is 9.19 Å². The summed E-state index contributed by atoms with van der Waals surface area (Å²) < 4.78 is 11.5. The Hall–Kier alpha value is -2.04. The van der Waals surface area contributed by atoms with Crippen LogP contribution in [0.2, 0.25) is 0 Å². The quantitative estimate of drug-likeness (QED) is 0.742. The number of nitrogens with one attached hydrogen (secondary N) is 1. The van der Waals surface area contributed by atoms with Gasteiger partial charge in [-0.05, 0) is 49.2 Å². The number of para-hydroxylation sites is 1. The first kappa shape index (κ1) is 16.8.